The molecule has 0 aliphatic carbocycles. The highest BCUT2D eigenvalue weighted by atomic mass is 35.5. The fraction of sp³-hybridized carbons (Fsp3) is 0.222. The van der Waals surface area contributed by atoms with Crippen molar-refractivity contribution in [1.29, 1.82) is 0 Å². The zero-order chi connectivity index (χ0) is 23.0. The molecule has 2 N–H and O–H groups in total. The van der Waals surface area contributed by atoms with E-state index in [1.807, 2.05) is 30.3 Å². The second-order valence-corrected chi connectivity index (χ2v) is 9.01. The Morgan fingerprint density at radius 2 is 1.91 bits per heavy atom. The van der Waals surface area contributed by atoms with E-state index < -0.39 is 5.82 Å². The lowest BCUT2D eigenvalue weighted by Crippen LogP contribution is -2.45. The summed E-state index contributed by atoms with van der Waals surface area (Å²) in [6, 6.07) is 18.0. The van der Waals surface area contributed by atoms with E-state index in [1.54, 1.807) is 4.90 Å². The zero-order valence-corrected chi connectivity index (χ0v) is 18.8. The molecule has 1 spiro atoms. The van der Waals surface area contributed by atoms with Gasteiger partial charge in [0, 0.05) is 28.9 Å². The second kappa shape index (κ2) is 8.55. The quantitative estimate of drug-likeness (QED) is 0.475. The smallest absolute Gasteiger partial charge is 0.317 e. The molecule has 33 heavy (non-hydrogen) atoms. The number of piperidine rings is 1. The van der Waals surface area contributed by atoms with Crippen molar-refractivity contribution in [3.63, 3.8) is 0 Å². The van der Waals surface area contributed by atoms with Crippen molar-refractivity contribution < 1.29 is 9.18 Å². The van der Waals surface area contributed by atoms with Gasteiger partial charge in [0.2, 0.25) is 0 Å². The number of carbonyl (C=O) groups excluding carboxylic acids is 1. The van der Waals surface area contributed by atoms with Gasteiger partial charge in [-0.15, -0.1) is 6.42 Å². The number of halogens is 2. The van der Waals surface area contributed by atoms with E-state index in [4.69, 9.17) is 18.0 Å². The molecule has 4 nitrogen and oxygen atoms in total. The van der Waals surface area contributed by atoms with Gasteiger partial charge in [-0.1, -0.05) is 41.8 Å². The number of benzene rings is 3. The summed E-state index contributed by atoms with van der Waals surface area (Å²) in [5, 5.41) is 6.30. The van der Waals surface area contributed by atoms with Gasteiger partial charge in [-0.25, -0.2) is 9.18 Å². The fourth-order valence-corrected chi connectivity index (χ4v) is 5.25. The molecule has 1 fully saturated rings. The van der Waals surface area contributed by atoms with E-state index in [0.717, 1.165) is 48.3 Å². The summed E-state index contributed by atoms with van der Waals surface area (Å²) in [5.74, 6) is 2.20. The number of amides is 2. The van der Waals surface area contributed by atoms with Crippen molar-refractivity contribution >= 4 is 29.0 Å². The summed E-state index contributed by atoms with van der Waals surface area (Å²) >= 11 is 5.91. The molecule has 2 heterocycles. The van der Waals surface area contributed by atoms with Crippen LogP contribution in [0.25, 0.3) is 11.1 Å². The van der Waals surface area contributed by atoms with E-state index in [1.165, 1.54) is 23.8 Å². The number of terminal acetylenes is 1. The topological polar surface area (TPSA) is 44.4 Å². The molecule has 0 unspecified atom stereocenters. The van der Waals surface area contributed by atoms with Crippen LogP contribution in [0, 0.1) is 18.2 Å². The number of carbonyl (C=O) groups is 1. The lowest BCUT2D eigenvalue weighted by molar-refractivity contribution is 0.254. The van der Waals surface area contributed by atoms with Crippen LogP contribution in [0.5, 0.6) is 0 Å². The molecule has 2 amide bonds. The van der Waals surface area contributed by atoms with Crippen LogP contribution in [-0.4, -0.2) is 25.7 Å². The highest BCUT2D eigenvalue weighted by Crippen LogP contribution is 2.50. The molecule has 166 valence electrons. The molecule has 0 radical (unpaired) electrons. The van der Waals surface area contributed by atoms with Gasteiger partial charge in [-0.3, -0.25) is 4.90 Å². The molecule has 5 rings (SSSR count). The number of rotatable bonds is 2. The number of nitrogens with zero attached hydrogens (tertiary/aromatic N) is 1. The Balaban J connectivity index is 1.58. The Bertz CT molecular complexity index is 1280. The van der Waals surface area contributed by atoms with Crippen molar-refractivity contribution in [2.75, 3.05) is 29.9 Å². The van der Waals surface area contributed by atoms with Crippen molar-refractivity contribution in [3.05, 3.63) is 82.6 Å². The lowest BCUT2D eigenvalue weighted by atomic mass is 9.72. The molecule has 0 saturated carbocycles. The highest BCUT2D eigenvalue weighted by Gasteiger charge is 2.46. The van der Waals surface area contributed by atoms with Crippen LogP contribution in [0.2, 0.25) is 5.02 Å². The first kappa shape index (κ1) is 21.5. The normalized spacial score (nSPS) is 16.3. The van der Waals surface area contributed by atoms with Gasteiger partial charge in [0.1, 0.15) is 5.82 Å². The first-order valence-electron chi connectivity index (χ1n) is 11.0. The van der Waals surface area contributed by atoms with E-state index in [9.17, 15) is 9.18 Å². The third-order valence-electron chi connectivity index (χ3n) is 6.64. The largest absolute Gasteiger partial charge is 0.326 e. The van der Waals surface area contributed by atoms with Gasteiger partial charge in [0.05, 0.1) is 5.02 Å². The molecule has 3 aromatic rings. The SMILES string of the molecule is C#Cc1cccc(-c2cccc3c2C2(CCNCC2)CN3C(=O)Nc2ccc(F)c(Cl)c2)c1. The lowest BCUT2D eigenvalue weighted by Gasteiger charge is -2.35. The molecule has 2 aliphatic rings. The summed E-state index contributed by atoms with van der Waals surface area (Å²) < 4.78 is 13.6. The maximum absolute atomic E-state index is 13.6. The highest BCUT2D eigenvalue weighted by molar-refractivity contribution is 6.31. The fourth-order valence-electron chi connectivity index (χ4n) is 5.07. The predicted octanol–water partition coefficient (Wildman–Crippen LogP) is 5.80. The molecule has 0 atom stereocenters. The monoisotopic (exact) mass is 459 g/mol. The average molecular weight is 460 g/mol. The first-order valence-corrected chi connectivity index (χ1v) is 11.3. The molecule has 1 saturated heterocycles. The van der Waals surface area contributed by atoms with E-state index >= 15 is 0 Å². The number of hydrogen-bond donors (Lipinski definition) is 2. The second-order valence-electron chi connectivity index (χ2n) is 8.60. The predicted molar refractivity (Wildman–Crippen MR) is 131 cm³/mol. The molecule has 2 aliphatic heterocycles. The molecule has 0 aromatic heterocycles. The Hall–Kier alpha value is -3.33. The Morgan fingerprint density at radius 1 is 1.12 bits per heavy atom. The number of fused-ring (bicyclic) bond motifs is 2. The van der Waals surface area contributed by atoms with Crippen LogP contribution in [-0.2, 0) is 5.41 Å². The minimum absolute atomic E-state index is 0.0277. The average Bonchev–Trinajstić information content (AvgIpc) is 3.16. The van der Waals surface area contributed by atoms with Crippen LogP contribution in [0.15, 0.2) is 60.7 Å². The zero-order valence-electron chi connectivity index (χ0n) is 18.0. The van der Waals surface area contributed by atoms with Crippen LogP contribution in [0.3, 0.4) is 0 Å². The van der Waals surface area contributed by atoms with Gasteiger partial charge in [-0.2, -0.15) is 0 Å². The summed E-state index contributed by atoms with van der Waals surface area (Å²) in [6.45, 7) is 2.36. The Labute approximate surface area is 197 Å². The van der Waals surface area contributed by atoms with Crippen molar-refractivity contribution in [3.8, 4) is 23.5 Å². The first-order chi connectivity index (χ1) is 16.0. The molecule has 0 bridgehead atoms. The maximum atomic E-state index is 13.6. The van der Waals surface area contributed by atoms with Crippen LogP contribution >= 0.6 is 11.6 Å². The van der Waals surface area contributed by atoms with E-state index in [2.05, 4.69) is 28.7 Å². The van der Waals surface area contributed by atoms with Crippen LogP contribution in [0.1, 0.15) is 24.0 Å². The van der Waals surface area contributed by atoms with Crippen LogP contribution in [0.4, 0.5) is 20.6 Å². The van der Waals surface area contributed by atoms with Crippen molar-refractivity contribution in [2.45, 2.75) is 18.3 Å². The molecular weight excluding hydrogens is 437 g/mol. The van der Waals surface area contributed by atoms with Gasteiger partial charge in [-0.05, 0) is 79.0 Å². The summed E-state index contributed by atoms with van der Waals surface area (Å²) in [4.78, 5) is 15.2. The van der Waals surface area contributed by atoms with Crippen molar-refractivity contribution in [1.82, 2.24) is 5.32 Å². The Morgan fingerprint density at radius 3 is 2.67 bits per heavy atom. The number of hydrogen-bond acceptors (Lipinski definition) is 2. The molecule has 6 heteroatoms. The molecule has 3 aromatic carbocycles. The van der Waals surface area contributed by atoms with Gasteiger partial charge in [0.15, 0.2) is 0 Å². The Kier molecular flexibility index (Phi) is 5.57. The molecular formula is C27H23ClFN3O. The summed E-state index contributed by atoms with van der Waals surface area (Å²) in [7, 11) is 0. The van der Waals surface area contributed by atoms with Crippen LogP contribution < -0.4 is 15.5 Å². The van der Waals surface area contributed by atoms with E-state index in [0.29, 0.717) is 12.2 Å². The minimum atomic E-state index is -0.520. The van der Waals surface area contributed by atoms with Gasteiger partial charge in [0.25, 0.3) is 0 Å². The third kappa shape index (κ3) is 3.86. The van der Waals surface area contributed by atoms with E-state index in [-0.39, 0.29) is 16.5 Å². The standard InChI is InChI=1S/C27H23ClFN3O/c1-2-18-5-3-6-19(15-18)21-7-4-8-24-25(21)27(11-13-30-14-12-27)17-32(24)26(33)31-20-9-10-23(29)22(28)16-20/h1,3-10,15-16,30H,11-14,17H2,(H,31,33). The number of urea groups is 1. The summed E-state index contributed by atoms with van der Waals surface area (Å²) in [6.07, 6.45) is 7.51. The number of anilines is 2. The van der Waals surface area contributed by atoms with Gasteiger partial charge >= 0.3 is 6.03 Å². The third-order valence-corrected chi connectivity index (χ3v) is 6.93. The number of nitrogens with one attached hydrogen (secondary N) is 2. The van der Waals surface area contributed by atoms with Crippen molar-refractivity contribution in [2.24, 2.45) is 0 Å². The van der Waals surface area contributed by atoms with Gasteiger partial charge < -0.3 is 10.6 Å². The minimum Gasteiger partial charge on any atom is -0.317 e. The maximum Gasteiger partial charge on any atom is 0.326 e. The summed E-state index contributed by atoms with van der Waals surface area (Å²) in [5.41, 5.74) is 5.36.